The maximum absolute atomic E-state index is 13.3. The second kappa shape index (κ2) is 5.72. The molecule has 0 aliphatic heterocycles. The van der Waals surface area contributed by atoms with Gasteiger partial charge in [-0.3, -0.25) is 4.79 Å². The molecule has 1 amide bonds. The van der Waals surface area contributed by atoms with Gasteiger partial charge in [0.25, 0.3) is 5.91 Å². The zero-order chi connectivity index (χ0) is 14.7. The molecule has 8 heteroatoms. The molecule has 0 spiro atoms. The summed E-state index contributed by atoms with van der Waals surface area (Å²) < 4.78 is 44.1. The molecule has 1 aromatic heterocycles. The second-order valence-corrected chi connectivity index (χ2v) is 3.94. The van der Waals surface area contributed by atoms with Gasteiger partial charge in [-0.1, -0.05) is 0 Å². The highest BCUT2D eigenvalue weighted by Gasteiger charge is 2.18. The quantitative estimate of drug-likeness (QED) is 0.869. The van der Waals surface area contributed by atoms with Crippen molar-refractivity contribution in [2.24, 2.45) is 0 Å². The van der Waals surface area contributed by atoms with Crippen molar-refractivity contribution in [3.63, 3.8) is 0 Å². The van der Waals surface area contributed by atoms with Gasteiger partial charge in [0, 0.05) is 19.9 Å². The van der Waals surface area contributed by atoms with Gasteiger partial charge in [-0.15, -0.1) is 10.2 Å². The van der Waals surface area contributed by atoms with E-state index in [9.17, 15) is 18.0 Å². The van der Waals surface area contributed by atoms with E-state index in [1.807, 2.05) is 0 Å². The fourth-order valence-electron chi connectivity index (χ4n) is 1.52. The minimum atomic E-state index is -1.68. The van der Waals surface area contributed by atoms with Crippen LogP contribution in [0.2, 0.25) is 0 Å². The molecule has 0 bridgehead atoms. The SMILES string of the molecule is Cc1nnc(CCNC(=O)c2ccc(F)c(F)c2F)o1. The zero-order valence-corrected chi connectivity index (χ0v) is 10.4. The predicted molar refractivity (Wildman–Crippen MR) is 61.4 cm³/mol. The summed E-state index contributed by atoms with van der Waals surface area (Å²) in [7, 11) is 0. The third kappa shape index (κ3) is 2.95. The van der Waals surface area contributed by atoms with Crippen molar-refractivity contribution in [2.75, 3.05) is 6.54 Å². The molecule has 20 heavy (non-hydrogen) atoms. The maximum Gasteiger partial charge on any atom is 0.254 e. The molecule has 0 radical (unpaired) electrons. The number of hydrogen-bond acceptors (Lipinski definition) is 4. The van der Waals surface area contributed by atoms with Crippen LogP contribution in [0.4, 0.5) is 13.2 Å². The summed E-state index contributed by atoms with van der Waals surface area (Å²) in [5, 5.41) is 9.65. The number of amides is 1. The fraction of sp³-hybridized carbons (Fsp3) is 0.250. The highest BCUT2D eigenvalue weighted by Crippen LogP contribution is 2.14. The first-order chi connectivity index (χ1) is 9.49. The number of nitrogens with one attached hydrogen (secondary N) is 1. The Bertz CT molecular complexity index is 643. The topological polar surface area (TPSA) is 68.0 Å². The Balaban J connectivity index is 1.97. The van der Waals surface area contributed by atoms with E-state index < -0.39 is 28.9 Å². The van der Waals surface area contributed by atoms with Crippen molar-refractivity contribution in [1.82, 2.24) is 15.5 Å². The monoisotopic (exact) mass is 285 g/mol. The molecule has 1 aromatic carbocycles. The van der Waals surface area contributed by atoms with Crippen molar-refractivity contribution < 1.29 is 22.4 Å². The lowest BCUT2D eigenvalue weighted by Gasteiger charge is -2.05. The lowest BCUT2D eigenvalue weighted by molar-refractivity contribution is 0.0948. The summed E-state index contributed by atoms with van der Waals surface area (Å²) in [6, 6.07) is 1.56. The Labute approximate surface area is 111 Å². The van der Waals surface area contributed by atoms with Gasteiger partial charge < -0.3 is 9.73 Å². The van der Waals surface area contributed by atoms with Crippen LogP contribution >= 0.6 is 0 Å². The number of nitrogens with zero attached hydrogens (tertiary/aromatic N) is 2. The molecule has 5 nitrogen and oxygen atoms in total. The summed E-state index contributed by atoms with van der Waals surface area (Å²) in [6.45, 7) is 1.71. The Morgan fingerprint density at radius 3 is 2.65 bits per heavy atom. The van der Waals surface area contributed by atoms with Crippen molar-refractivity contribution in [3.05, 3.63) is 46.9 Å². The highest BCUT2D eigenvalue weighted by atomic mass is 19.2. The fourth-order valence-corrected chi connectivity index (χ4v) is 1.52. The molecule has 0 atom stereocenters. The summed E-state index contributed by atoms with van der Waals surface area (Å²) >= 11 is 0. The van der Waals surface area contributed by atoms with Crippen LogP contribution in [0, 0.1) is 24.4 Å². The molecular weight excluding hydrogens is 275 g/mol. The van der Waals surface area contributed by atoms with Gasteiger partial charge in [-0.25, -0.2) is 13.2 Å². The van der Waals surface area contributed by atoms with Crippen LogP contribution in [0.3, 0.4) is 0 Å². The van der Waals surface area contributed by atoms with Crippen LogP contribution in [0.25, 0.3) is 0 Å². The molecule has 2 aromatic rings. The first kappa shape index (κ1) is 14.0. The average Bonchev–Trinajstić information content (AvgIpc) is 2.82. The van der Waals surface area contributed by atoms with E-state index in [0.29, 0.717) is 17.8 Å². The van der Waals surface area contributed by atoms with Gasteiger partial charge in [0.15, 0.2) is 17.5 Å². The van der Waals surface area contributed by atoms with Crippen molar-refractivity contribution >= 4 is 5.91 Å². The minimum absolute atomic E-state index is 0.0961. The number of carbonyl (C=O) groups excluding carboxylic acids is 1. The molecule has 1 N–H and O–H groups in total. The third-order valence-electron chi connectivity index (χ3n) is 2.47. The molecule has 0 fully saturated rings. The molecule has 1 heterocycles. The average molecular weight is 285 g/mol. The van der Waals surface area contributed by atoms with Crippen LogP contribution in [0.5, 0.6) is 0 Å². The van der Waals surface area contributed by atoms with Crippen LogP contribution in [0.1, 0.15) is 22.1 Å². The molecule has 0 saturated heterocycles. The molecule has 0 aliphatic carbocycles. The molecule has 0 aliphatic rings. The number of aryl methyl sites for hydroxylation is 1. The molecule has 106 valence electrons. The Kier molecular flexibility index (Phi) is 4.02. The largest absolute Gasteiger partial charge is 0.426 e. The second-order valence-electron chi connectivity index (χ2n) is 3.94. The van der Waals surface area contributed by atoms with E-state index in [1.165, 1.54) is 0 Å². The Morgan fingerprint density at radius 1 is 1.25 bits per heavy atom. The zero-order valence-electron chi connectivity index (χ0n) is 10.4. The molecule has 0 unspecified atom stereocenters. The molecule has 0 saturated carbocycles. The van der Waals surface area contributed by atoms with Gasteiger partial charge in [0.1, 0.15) is 0 Å². The third-order valence-corrected chi connectivity index (χ3v) is 2.47. The summed E-state index contributed by atoms with van der Waals surface area (Å²) in [5.74, 6) is -4.69. The molecular formula is C12H10F3N3O2. The highest BCUT2D eigenvalue weighted by molar-refractivity contribution is 5.94. The summed E-state index contributed by atoms with van der Waals surface area (Å²) in [4.78, 5) is 11.6. The van der Waals surface area contributed by atoms with Crippen LogP contribution in [0.15, 0.2) is 16.5 Å². The number of hydrogen-bond donors (Lipinski definition) is 1. The standard InChI is InChI=1S/C12H10F3N3O2/c1-6-17-18-9(20-6)4-5-16-12(19)7-2-3-8(13)11(15)10(7)14/h2-3H,4-5H2,1H3,(H,16,19). The van der Waals surface area contributed by atoms with Gasteiger partial charge in [0.2, 0.25) is 11.8 Å². The Morgan fingerprint density at radius 2 is 2.00 bits per heavy atom. The number of aromatic nitrogens is 2. The van der Waals surface area contributed by atoms with Crippen molar-refractivity contribution in [1.29, 1.82) is 0 Å². The van der Waals surface area contributed by atoms with Gasteiger partial charge in [0.05, 0.1) is 5.56 Å². The lowest BCUT2D eigenvalue weighted by Crippen LogP contribution is -2.27. The summed E-state index contributed by atoms with van der Waals surface area (Å²) in [5.41, 5.74) is -0.564. The van der Waals surface area contributed by atoms with E-state index in [-0.39, 0.29) is 13.0 Å². The smallest absolute Gasteiger partial charge is 0.254 e. The van der Waals surface area contributed by atoms with Gasteiger partial charge in [-0.05, 0) is 12.1 Å². The van der Waals surface area contributed by atoms with Crippen LogP contribution in [-0.2, 0) is 6.42 Å². The first-order valence-corrected chi connectivity index (χ1v) is 5.69. The van der Waals surface area contributed by atoms with Crippen LogP contribution in [-0.4, -0.2) is 22.6 Å². The summed E-state index contributed by atoms with van der Waals surface area (Å²) in [6.07, 6.45) is 0.248. The van der Waals surface area contributed by atoms with E-state index in [0.717, 1.165) is 6.07 Å². The van der Waals surface area contributed by atoms with E-state index in [1.54, 1.807) is 6.92 Å². The van der Waals surface area contributed by atoms with Crippen LogP contribution < -0.4 is 5.32 Å². The van der Waals surface area contributed by atoms with Gasteiger partial charge >= 0.3 is 0 Å². The number of halogens is 3. The number of benzene rings is 1. The van der Waals surface area contributed by atoms with Gasteiger partial charge in [-0.2, -0.15) is 0 Å². The van der Waals surface area contributed by atoms with E-state index >= 15 is 0 Å². The van der Waals surface area contributed by atoms with E-state index in [4.69, 9.17) is 4.42 Å². The normalized spacial score (nSPS) is 10.6. The minimum Gasteiger partial charge on any atom is -0.426 e. The van der Waals surface area contributed by atoms with Crippen molar-refractivity contribution in [3.8, 4) is 0 Å². The lowest BCUT2D eigenvalue weighted by atomic mass is 10.2. The molecule has 2 rings (SSSR count). The maximum atomic E-state index is 13.3. The number of carbonyl (C=O) groups is 1. The Hall–Kier alpha value is -2.38. The predicted octanol–water partition coefficient (Wildman–Crippen LogP) is 1.77. The van der Waals surface area contributed by atoms with Crippen molar-refractivity contribution in [2.45, 2.75) is 13.3 Å². The first-order valence-electron chi connectivity index (χ1n) is 5.69. The number of rotatable bonds is 4. The van der Waals surface area contributed by atoms with E-state index in [2.05, 4.69) is 15.5 Å².